The van der Waals surface area contributed by atoms with Gasteiger partial charge in [0.2, 0.25) is 5.91 Å². The minimum Gasteiger partial charge on any atom is -0.368 e. The van der Waals surface area contributed by atoms with Gasteiger partial charge in [-0.05, 0) is 24.8 Å². The van der Waals surface area contributed by atoms with E-state index in [0.717, 1.165) is 12.0 Å². The third-order valence-electron chi connectivity index (χ3n) is 5.16. The maximum absolute atomic E-state index is 12.7. The number of carbonyl (C=O) groups excluding carboxylic acids is 1. The number of hydrogen-bond acceptors (Lipinski definition) is 3. The first kappa shape index (κ1) is 14.4. The number of likely N-dealkylation sites (tertiary alicyclic amines) is 1. The van der Waals surface area contributed by atoms with Crippen molar-refractivity contribution in [3.05, 3.63) is 35.9 Å². The van der Waals surface area contributed by atoms with Gasteiger partial charge < -0.3 is 19.4 Å². The zero-order valence-corrected chi connectivity index (χ0v) is 12.9. The van der Waals surface area contributed by atoms with Crippen molar-refractivity contribution < 1.29 is 23.9 Å². The lowest BCUT2D eigenvalue weighted by Gasteiger charge is -2.34. The van der Waals surface area contributed by atoms with Gasteiger partial charge in [-0.25, -0.2) is 0 Å². The van der Waals surface area contributed by atoms with Crippen molar-refractivity contribution in [2.24, 2.45) is 5.92 Å². The van der Waals surface area contributed by atoms with Crippen LogP contribution in [0.3, 0.4) is 0 Å². The Morgan fingerprint density at radius 1 is 1.32 bits per heavy atom. The molecule has 3 heterocycles. The molecule has 0 aromatic heterocycles. The molecule has 3 aliphatic rings. The Kier molecular flexibility index (Phi) is 3.04. The normalized spacial score (nSPS) is 36.9. The van der Waals surface area contributed by atoms with Gasteiger partial charge in [0.1, 0.15) is 5.60 Å². The third-order valence-corrected chi connectivity index (χ3v) is 6.51. The number of nitrogens with zero attached hydrogens (tertiary/aromatic N) is 1. The summed E-state index contributed by atoms with van der Waals surface area (Å²) in [5.74, 6) is -1.75. The smallest absolute Gasteiger partial charge is 0.350 e. The molecular weight excluding hydrogens is 305 g/mol. The number of fused-ring (bicyclic) bond motifs is 1. The lowest BCUT2D eigenvalue weighted by molar-refractivity contribution is -0.132. The molecular formula is C15H18NO5P. The molecule has 1 aromatic rings. The topological polar surface area (TPSA) is 87.1 Å². The van der Waals surface area contributed by atoms with Crippen LogP contribution < -0.4 is 0 Å². The predicted octanol–water partition coefficient (Wildman–Crippen LogP) is 1.47. The molecule has 4 atom stereocenters. The van der Waals surface area contributed by atoms with Gasteiger partial charge in [-0.1, -0.05) is 30.3 Å². The van der Waals surface area contributed by atoms with Gasteiger partial charge in [0.15, 0.2) is 5.78 Å². The molecule has 118 valence electrons. The number of benzene rings is 1. The van der Waals surface area contributed by atoms with Crippen LogP contribution in [0.4, 0.5) is 0 Å². The number of ether oxygens (including phenoxy) is 1. The third kappa shape index (κ3) is 1.91. The van der Waals surface area contributed by atoms with E-state index in [2.05, 4.69) is 0 Å². The van der Waals surface area contributed by atoms with E-state index >= 15 is 0 Å². The summed E-state index contributed by atoms with van der Waals surface area (Å²) >= 11 is 0. The molecule has 2 bridgehead atoms. The second-order valence-corrected chi connectivity index (χ2v) is 8.10. The lowest BCUT2D eigenvalue weighted by Crippen LogP contribution is -2.44. The fourth-order valence-electron chi connectivity index (χ4n) is 4.37. The van der Waals surface area contributed by atoms with Gasteiger partial charge in [0, 0.05) is 6.54 Å². The van der Waals surface area contributed by atoms with Gasteiger partial charge in [-0.15, -0.1) is 0 Å². The van der Waals surface area contributed by atoms with Crippen LogP contribution >= 0.6 is 7.60 Å². The molecule has 3 saturated heterocycles. The summed E-state index contributed by atoms with van der Waals surface area (Å²) in [6.07, 6.45) is 1.89. The summed E-state index contributed by atoms with van der Waals surface area (Å²) in [5, 5.41) is 0. The number of amides is 1. The fraction of sp³-hybridized carbons (Fsp3) is 0.533. The van der Waals surface area contributed by atoms with Crippen molar-refractivity contribution in [1.29, 1.82) is 0 Å². The molecule has 3 fully saturated rings. The van der Waals surface area contributed by atoms with Gasteiger partial charge in [0.25, 0.3) is 0 Å². The Morgan fingerprint density at radius 3 is 2.68 bits per heavy atom. The summed E-state index contributed by atoms with van der Waals surface area (Å²) in [5.41, 5.74) is -0.129. The minimum atomic E-state index is -4.49. The zero-order valence-electron chi connectivity index (χ0n) is 12.0. The summed E-state index contributed by atoms with van der Waals surface area (Å²) < 4.78 is 18.0. The Morgan fingerprint density at radius 2 is 2.05 bits per heavy atom. The Labute approximate surface area is 128 Å². The van der Waals surface area contributed by atoms with E-state index in [1.165, 1.54) is 4.90 Å². The standard InChI is InChI=1S/C15H18NO5P/c17-13-12-8-11-6-7-15(12,21-11)14(22(18,19)20)16(13)9-10-4-2-1-3-5-10/h1-5,11-12,14H,6-9H2,(H2,18,19,20)/t11-,12+,14-,15+/m1/s1. The molecule has 2 N–H and O–H groups in total. The predicted molar refractivity (Wildman–Crippen MR) is 77.8 cm³/mol. The van der Waals surface area contributed by atoms with Crippen LogP contribution in [0.5, 0.6) is 0 Å². The molecule has 0 saturated carbocycles. The average Bonchev–Trinajstić information content (AvgIpc) is 3.09. The molecule has 6 nitrogen and oxygen atoms in total. The van der Waals surface area contributed by atoms with Gasteiger partial charge >= 0.3 is 7.60 Å². The number of carbonyl (C=O) groups is 1. The highest BCUT2D eigenvalue weighted by molar-refractivity contribution is 7.52. The first-order chi connectivity index (χ1) is 10.4. The van der Waals surface area contributed by atoms with E-state index in [-0.39, 0.29) is 18.6 Å². The largest absolute Gasteiger partial charge is 0.368 e. The van der Waals surface area contributed by atoms with Crippen LogP contribution in [0.15, 0.2) is 30.3 Å². The molecule has 0 radical (unpaired) electrons. The Bertz CT molecular complexity index is 659. The van der Waals surface area contributed by atoms with E-state index in [4.69, 9.17) is 4.74 Å². The molecule has 1 spiro atoms. The maximum atomic E-state index is 12.7. The SMILES string of the molecule is O=C1[C@@H]2C[C@H]3CC[C@@]2(O3)[C@@H](P(=O)(O)O)N1Cc1ccccc1. The second-order valence-electron chi connectivity index (χ2n) is 6.44. The fourth-order valence-corrected chi connectivity index (χ4v) is 5.87. The highest BCUT2D eigenvalue weighted by Gasteiger charge is 2.71. The number of rotatable bonds is 3. The van der Waals surface area contributed by atoms with E-state index in [1.807, 2.05) is 30.3 Å². The summed E-state index contributed by atoms with van der Waals surface area (Å²) in [7, 11) is -4.49. The van der Waals surface area contributed by atoms with Crippen LogP contribution in [0.2, 0.25) is 0 Å². The van der Waals surface area contributed by atoms with Crippen molar-refractivity contribution in [1.82, 2.24) is 4.90 Å². The van der Waals surface area contributed by atoms with Gasteiger partial charge in [-0.3, -0.25) is 9.36 Å². The zero-order chi connectivity index (χ0) is 15.5. The Balaban J connectivity index is 1.74. The maximum Gasteiger partial charge on any atom is 0.350 e. The first-order valence-corrected chi connectivity index (χ1v) is 9.17. The van der Waals surface area contributed by atoms with Gasteiger partial charge in [-0.2, -0.15) is 0 Å². The van der Waals surface area contributed by atoms with Crippen molar-refractivity contribution in [3.63, 3.8) is 0 Å². The minimum absolute atomic E-state index is 0.0260. The van der Waals surface area contributed by atoms with E-state index in [0.29, 0.717) is 12.8 Å². The summed E-state index contributed by atoms with van der Waals surface area (Å²) in [6.45, 7) is 0.210. The van der Waals surface area contributed by atoms with Crippen LogP contribution in [0.25, 0.3) is 0 Å². The van der Waals surface area contributed by atoms with Crippen molar-refractivity contribution >= 4 is 13.5 Å². The molecule has 4 rings (SSSR count). The average molecular weight is 323 g/mol. The number of hydrogen-bond donors (Lipinski definition) is 2. The van der Waals surface area contributed by atoms with Crippen molar-refractivity contribution in [3.8, 4) is 0 Å². The first-order valence-electron chi connectivity index (χ1n) is 7.49. The quantitative estimate of drug-likeness (QED) is 0.823. The molecule has 7 heteroatoms. The lowest BCUT2D eigenvalue weighted by atomic mass is 9.80. The molecule has 1 aromatic carbocycles. The highest BCUT2D eigenvalue weighted by Crippen LogP contribution is 2.64. The second kappa shape index (κ2) is 4.65. The Hall–Kier alpha value is -1.20. The molecule has 0 unspecified atom stereocenters. The molecule has 3 aliphatic heterocycles. The summed E-state index contributed by atoms with van der Waals surface area (Å²) in [6, 6.07) is 9.28. The molecule has 0 aliphatic carbocycles. The van der Waals surface area contributed by atoms with E-state index in [1.54, 1.807) is 0 Å². The van der Waals surface area contributed by atoms with Crippen LogP contribution in [-0.2, 0) is 20.6 Å². The van der Waals surface area contributed by atoms with E-state index < -0.39 is 24.9 Å². The van der Waals surface area contributed by atoms with Crippen LogP contribution in [-0.4, -0.2) is 38.1 Å². The van der Waals surface area contributed by atoms with Gasteiger partial charge in [0.05, 0.1) is 12.0 Å². The molecule has 1 amide bonds. The van der Waals surface area contributed by atoms with Crippen LogP contribution in [0.1, 0.15) is 24.8 Å². The van der Waals surface area contributed by atoms with Crippen LogP contribution in [0, 0.1) is 5.92 Å². The van der Waals surface area contributed by atoms with Crippen molar-refractivity contribution in [2.75, 3.05) is 0 Å². The monoisotopic (exact) mass is 323 g/mol. The van der Waals surface area contributed by atoms with Crippen molar-refractivity contribution in [2.45, 2.75) is 43.3 Å². The highest BCUT2D eigenvalue weighted by atomic mass is 31.2. The van der Waals surface area contributed by atoms with E-state index in [9.17, 15) is 19.1 Å². The summed E-state index contributed by atoms with van der Waals surface area (Å²) in [4.78, 5) is 33.9. The molecule has 22 heavy (non-hydrogen) atoms.